The Bertz CT molecular complexity index is 423. The second kappa shape index (κ2) is 8.15. The van der Waals surface area contributed by atoms with E-state index in [4.69, 9.17) is 17.3 Å². The molecule has 0 aliphatic rings. The van der Waals surface area contributed by atoms with Crippen LogP contribution in [-0.2, 0) is 17.9 Å². The van der Waals surface area contributed by atoms with Crippen LogP contribution in [0.3, 0.4) is 0 Å². The third-order valence-corrected chi connectivity index (χ3v) is 3.29. The highest BCUT2D eigenvalue weighted by Gasteiger charge is 2.11. The normalized spacial score (nSPS) is 10.8. The number of nitrogens with one attached hydrogen (secondary N) is 1. The molecule has 0 saturated carbocycles. The Balaban J connectivity index is 2.67. The minimum absolute atomic E-state index is 0.0408. The molecule has 5 heteroatoms. The molecule has 19 heavy (non-hydrogen) atoms. The van der Waals surface area contributed by atoms with Crippen molar-refractivity contribution in [1.29, 1.82) is 0 Å². The fourth-order valence-corrected chi connectivity index (χ4v) is 2.09. The summed E-state index contributed by atoms with van der Waals surface area (Å²) in [4.78, 5) is 13.6. The van der Waals surface area contributed by atoms with Gasteiger partial charge in [0, 0.05) is 24.7 Å². The number of rotatable bonds is 7. The van der Waals surface area contributed by atoms with Crippen LogP contribution in [0.25, 0.3) is 0 Å². The lowest BCUT2D eigenvalue weighted by Gasteiger charge is -2.20. The molecule has 0 atom stereocenters. The summed E-state index contributed by atoms with van der Waals surface area (Å²) in [6.07, 6.45) is 0. The predicted octanol–water partition coefficient (Wildman–Crippen LogP) is 1.76. The van der Waals surface area contributed by atoms with Crippen molar-refractivity contribution in [2.75, 3.05) is 19.6 Å². The Morgan fingerprint density at radius 3 is 2.68 bits per heavy atom. The maximum absolute atomic E-state index is 11.6. The first-order chi connectivity index (χ1) is 9.10. The van der Waals surface area contributed by atoms with Gasteiger partial charge in [-0.1, -0.05) is 30.7 Å². The van der Waals surface area contributed by atoms with Gasteiger partial charge in [0.2, 0.25) is 5.91 Å². The van der Waals surface area contributed by atoms with Crippen LogP contribution in [0.2, 0.25) is 5.02 Å². The molecule has 0 heterocycles. The molecule has 0 fully saturated rings. The number of nitrogens with zero attached hydrogens (tertiary/aromatic N) is 1. The van der Waals surface area contributed by atoms with Crippen LogP contribution in [0.15, 0.2) is 18.2 Å². The average molecular weight is 284 g/mol. The van der Waals surface area contributed by atoms with Gasteiger partial charge in [-0.15, -0.1) is 0 Å². The minimum atomic E-state index is 0.0408. The topological polar surface area (TPSA) is 58.4 Å². The van der Waals surface area contributed by atoms with Crippen molar-refractivity contribution >= 4 is 17.5 Å². The number of likely N-dealkylation sites (N-methyl/N-ethyl adjacent to an activating group) is 2. The molecule has 0 aromatic heterocycles. The van der Waals surface area contributed by atoms with Crippen molar-refractivity contribution in [3.63, 3.8) is 0 Å². The van der Waals surface area contributed by atoms with E-state index >= 15 is 0 Å². The number of carbonyl (C=O) groups is 1. The van der Waals surface area contributed by atoms with Gasteiger partial charge in [0.1, 0.15) is 0 Å². The van der Waals surface area contributed by atoms with Gasteiger partial charge in [0.25, 0.3) is 0 Å². The molecule has 0 saturated heterocycles. The first-order valence-electron chi connectivity index (χ1n) is 6.57. The minimum Gasteiger partial charge on any atom is -0.355 e. The Morgan fingerprint density at radius 1 is 1.42 bits per heavy atom. The van der Waals surface area contributed by atoms with Gasteiger partial charge in [-0.3, -0.25) is 9.69 Å². The molecule has 0 radical (unpaired) electrons. The summed E-state index contributed by atoms with van der Waals surface area (Å²) in [5.41, 5.74) is 7.61. The van der Waals surface area contributed by atoms with Crippen molar-refractivity contribution in [2.24, 2.45) is 5.73 Å². The summed E-state index contributed by atoms with van der Waals surface area (Å²) in [6, 6.07) is 5.84. The lowest BCUT2D eigenvalue weighted by atomic mass is 10.1. The number of halogens is 1. The van der Waals surface area contributed by atoms with E-state index < -0.39 is 0 Å². The van der Waals surface area contributed by atoms with Crippen molar-refractivity contribution in [2.45, 2.75) is 26.9 Å². The third kappa shape index (κ3) is 5.19. The molecule has 0 bridgehead atoms. The van der Waals surface area contributed by atoms with Crippen molar-refractivity contribution < 1.29 is 4.79 Å². The molecular weight excluding hydrogens is 262 g/mol. The lowest BCUT2D eigenvalue weighted by Crippen LogP contribution is -2.36. The van der Waals surface area contributed by atoms with Crippen LogP contribution >= 0.6 is 11.6 Å². The fraction of sp³-hybridized carbons (Fsp3) is 0.500. The number of amides is 1. The summed E-state index contributed by atoms with van der Waals surface area (Å²) in [7, 11) is 0. The Labute approximate surface area is 119 Å². The maximum Gasteiger partial charge on any atom is 0.234 e. The molecule has 1 aromatic carbocycles. The summed E-state index contributed by atoms with van der Waals surface area (Å²) >= 11 is 6.22. The van der Waals surface area contributed by atoms with Crippen LogP contribution in [0, 0.1) is 0 Å². The van der Waals surface area contributed by atoms with Crippen molar-refractivity contribution in [3.8, 4) is 0 Å². The van der Waals surface area contributed by atoms with Gasteiger partial charge in [0.05, 0.1) is 6.54 Å². The van der Waals surface area contributed by atoms with Gasteiger partial charge in [-0.25, -0.2) is 0 Å². The monoisotopic (exact) mass is 283 g/mol. The quantitative estimate of drug-likeness (QED) is 0.802. The smallest absolute Gasteiger partial charge is 0.234 e. The molecule has 1 amide bonds. The van der Waals surface area contributed by atoms with Gasteiger partial charge >= 0.3 is 0 Å². The first kappa shape index (κ1) is 16.0. The molecule has 3 N–H and O–H groups in total. The molecule has 1 aromatic rings. The van der Waals surface area contributed by atoms with E-state index in [2.05, 4.69) is 5.32 Å². The SMILES string of the molecule is CCNC(=O)CN(CC)Cc1ccc(CN)cc1Cl. The number of benzene rings is 1. The first-order valence-corrected chi connectivity index (χ1v) is 6.94. The number of nitrogens with two attached hydrogens (primary N) is 1. The summed E-state index contributed by atoms with van der Waals surface area (Å²) in [6.45, 7) is 6.93. The number of carbonyl (C=O) groups excluding carboxylic acids is 1. The summed E-state index contributed by atoms with van der Waals surface area (Å²) in [5.74, 6) is 0.0408. The second-order valence-electron chi connectivity index (χ2n) is 4.39. The van der Waals surface area contributed by atoms with Crippen LogP contribution in [0.4, 0.5) is 0 Å². The van der Waals surface area contributed by atoms with Gasteiger partial charge < -0.3 is 11.1 Å². The molecule has 1 rings (SSSR count). The van der Waals surface area contributed by atoms with E-state index in [9.17, 15) is 4.79 Å². The Morgan fingerprint density at radius 2 is 2.16 bits per heavy atom. The Kier molecular flexibility index (Phi) is 6.84. The van der Waals surface area contributed by atoms with Crippen LogP contribution in [0.1, 0.15) is 25.0 Å². The third-order valence-electron chi connectivity index (χ3n) is 2.94. The molecular formula is C14H22ClN3O. The van der Waals surface area contributed by atoms with Gasteiger partial charge in [-0.05, 0) is 30.7 Å². The molecule has 0 spiro atoms. The van der Waals surface area contributed by atoms with E-state index in [0.29, 0.717) is 31.2 Å². The largest absolute Gasteiger partial charge is 0.355 e. The van der Waals surface area contributed by atoms with E-state index in [1.807, 2.05) is 36.9 Å². The molecule has 0 aliphatic heterocycles. The number of hydrogen-bond donors (Lipinski definition) is 2. The standard InChI is InChI=1S/C14H22ClN3O/c1-3-17-14(19)10-18(4-2)9-12-6-5-11(8-16)7-13(12)15/h5-7H,3-4,8-10,16H2,1-2H3,(H,17,19). The highest BCUT2D eigenvalue weighted by atomic mass is 35.5. The molecule has 0 unspecified atom stereocenters. The maximum atomic E-state index is 11.6. The zero-order valence-electron chi connectivity index (χ0n) is 11.6. The van der Waals surface area contributed by atoms with E-state index in [0.717, 1.165) is 17.7 Å². The zero-order valence-corrected chi connectivity index (χ0v) is 12.3. The van der Waals surface area contributed by atoms with Crippen LogP contribution in [-0.4, -0.2) is 30.4 Å². The van der Waals surface area contributed by atoms with E-state index in [1.165, 1.54) is 0 Å². The van der Waals surface area contributed by atoms with Crippen LogP contribution < -0.4 is 11.1 Å². The second-order valence-corrected chi connectivity index (χ2v) is 4.79. The van der Waals surface area contributed by atoms with Crippen molar-refractivity contribution in [1.82, 2.24) is 10.2 Å². The average Bonchev–Trinajstić information content (AvgIpc) is 2.40. The highest BCUT2D eigenvalue weighted by molar-refractivity contribution is 6.31. The molecule has 0 aliphatic carbocycles. The number of hydrogen-bond acceptors (Lipinski definition) is 3. The van der Waals surface area contributed by atoms with Gasteiger partial charge in [-0.2, -0.15) is 0 Å². The highest BCUT2D eigenvalue weighted by Crippen LogP contribution is 2.19. The van der Waals surface area contributed by atoms with E-state index in [-0.39, 0.29) is 5.91 Å². The van der Waals surface area contributed by atoms with Crippen molar-refractivity contribution in [3.05, 3.63) is 34.3 Å². The van der Waals surface area contributed by atoms with Gasteiger partial charge in [0.15, 0.2) is 0 Å². The lowest BCUT2D eigenvalue weighted by molar-refractivity contribution is -0.122. The summed E-state index contributed by atoms with van der Waals surface area (Å²) < 4.78 is 0. The fourth-order valence-electron chi connectivity index (χ4n) is 1.82. The Hall–Kier alpha value is -1.10. The summed E-state index contributed by atoms with van der Waals surface area (Å²) in [5, 5.41) is 3.50. The van der Waals surface area contributed by atoms with Crippen LogP contribution in [0.5, 0.6) is 0 Å². The molecule has 106 valence electrons. The molecule has 4 nitrogen and oxygen atoms in total. The zero-order chi connectivity index (χ0) is 14.3. The van der Waals surface area contributed by atoms with E-state index in [1.54, 1.807) is 0 Å². The predicted molar refractivity (Wildman–Crippen MR) is 79.0 cm³/mol.